The van der Waals surface area contributed by atoms with Crippen molar-refractivity contribution in [3.8, 4) is 11.5 Å². The third-order valence-corrected chi connectivity index (χ3v) is 4.82. The molecule has 0 radical (unpaired) electrons. The molecule has 0 saturated carbocycles. The first kappa shape index (κ1) is 22.5. The summed E-state index contributed by atoms with van der Waals surface area (Å²) in [5, 5.41) is 0. The SMILES string of the molecule is CCOC(=O)CC(=O)[C@H]1O[C@@H]2OC(C)(C)O[C@@H]2[C@H]1OCc1ccc(OC)c(OC)c1. The number of ketones is 1. The molecule has 166 valence electrons. The number of hydrogen-bond acceptors (Lipinski definition) is 9. The first-order valence-corrected chi connectivity index (χ1v) is 9.80. The lowest BCUT2D eigenvalue weighted by molar-refractivity contribution is -0.218. The molecule has 0 N–H and O–H groups in total. The lowest BCUT2D eigenvalue weighted by Crippen LogP contribution is -2.41. The van der Waals surface area contributed by atoms with Gasteiger partial charge < -0.3 is 33.2 Å². The number of carbonyl (C=O) groups is 2. The molecule has 0 spiro atoms. The molecule has 2 heterocycles. The van der Waals surface area contributed by atoms with Crippen LogP contribution in [-0.2, 0) is 39.9 Å². The van der Waals surface area contributed by atoms with Gasteiger partial charge in [-0.05, 0) is 38.5 Å². The average Bonchev–Trinajstić information content (AvgIpc) is 3.17. The summed E-state index contributed by atoms with van der Waals surface area (Å²) in [5.41, 5.74) is 0.811. The van der Waals surface area contributed by atoms with Crippen LogP contribution in [0.3, 0.4) is 0 Å². The molecule has 0 aromatic heterocycles. The molecule has 0 unspecified atom stereocenters. The van der Waals surface area contributed by atoms with E-state index in [0.717, 1.165) is 5.56 Å². The van der Waals surface area contributed by atoms with E-state index in [9.17, 15) is 9.59 Å². The predicted octanol–water partition coefficient (Wildman–Crippen LogP) is 1.99. The van der Waals surface area contributed by atoms with Gasteiger partial charge in [-0.25, -0.2) is 0 Å². The Kier molecular flexibility index (Phi) is 6.97. The average molecular weight is 424 g/mol. The molecule has 1 aromatic rings. The summed E-state index contributed by atoms with van der Waals surface area (Å²) >= 11 is 0. The van der Waals surface area contributed by atoms with Crippen molar-refractivity contribution in [2.75, 3.05) is 20.8 Å². The molecule has 3 rings (SSSR count). The molecule has 2 aliphatic heterocycles. The van der Waals surface area contributed by atoms with Crippen molar-refractivity contribution in [2.24, 2.45) is 0 Å². The van der Waals surface area contributed by atoms with E-state index in [1.54, 1.807) is 47.1 Å². The minimum atomic E-state index is -0.999. The van der Waals surface area contributed by atoms with Gasteiger partial charge in [0.25, 0.3) is 0 Å². The molecule has 2 saturated heterocycles. The minimum absolute atomic E-state index is 0.171. The normalized spacial score (nSPS) is 26.8. The van der Waals surface area contributed by atoms with Gasteiger partial charge in [-0.3, -0.25) is 9.59 Å². The first-order chi connectivity index (χ1) is 14.3. The van der Waals surface area contributed by atoms with E-state index >= 15 is 0 Å². The van der Waals surface area contributed by atoms with Crippen LogP contribution in [0.2, 0.25) is 0 Å². The fourth-order valence-corrected chi connectivity index (χ4v) is 3.54. The Bertz CT molecular complexity index is 776. The third kappa shape index (κ3) is 4.92. The van der Waals surface area contributed by atoms with Gasteiger partial charge in [0.2, 0.25) is 0 Å². The Labute approximate surface area is 175 Å². The van der Waals surface area contributed by atoms with Crippen molar-refractivity contribution in [3.05, 3.63) is 23.8 Å². The predicted molar refractivity (Wildman–Crippen MR) is 103 cm³/mol. The van der Waals surface area contributed by atoms with Crippen LogP contribution in [0.1, 0.15) is 32.8 Å². The van der Waals surface area contributed by atoms with Crippen LogP contribution >= 0.6 is 0 Å². The molecule has 0 bridgehead atoms. The van der Waals surface area contributed by atoms with Gasteiger partial charge >= 0.3 is 5.97 Å². The minimum Gasteiger partial charge on any atom is -0.493 e. The molecule has 0 amide bonds. The van der Waals surface area contributed by atoms with Crippen LogP contribution in [0.4, 0.5) is 0 Å². The summed E-state index contributed by atoms with van der Waals surface area (Å²) in [6.45, 7) is 5.57. The van der Waals surface area contributed by atoms with Crippen molar-refractivity contribution in [1.29, 1.82) is 0 Å². The van der Waals surface area contributed by atoms with Gasteiger partial charge in [-0.1, -0.05) is 6.07 Å². The number of benzene rings is 1. The highest BCUT2D eigenvalue weighted by atomic mass is 16.8. The molecule has 1 aromatic carbocycles. The van der Waals surface area contributed by atoms with Gasteiger partial charge in [-0.15, -0.1) is 0 Å². The van der Waals surface area contributed by atoms with Crippen molar-refractivity contribution in [3.63, 3.8) is 0 Å². The fourth-order valence-electron chi connectivity index (χ4n) is 3.54. The number of esters is 1. The summed E-state index contributed by atoms with van der Waals surface area (Å²) in [4.78, 5) is 24.4. The Morgan fingerprint density at radius 3 is 2.50 bits per heavy atom. The van der Waals surface area contributed by atoms with Crippen LogP contribution < -0.4 is 9.47 Å². The monoisotopic (exact) mass is 424 g/mol. The maximum Gasteiger partial charge on any atom is 0.313 e. The Balaban J connectivity index is 1.73. The Hall–Kier alpha value is -2.20. The quantitative estimate of drug-likeness (QED) is 0.435. The van der Waals surface area contributed by atoms with Crippen LogP contribution in [0, 0.1) is 0 Å². The number of Topliss-reactive ketones (excluding diaryl/α,β-unsaturated/α-hetero) is 1. The maximum atomic E-state index is 12.7. The lowest BCUT2D eigenvalue weighted by Gasteiger charge is -2.25. The highest BCUT2D eigenvalue weighted by Crippen LogP contribution is 2.39. The van der Waals surface area contributed by atoms with E-state index in [-0.39, 0.29) is 13.2 Å². The Morgan fingerprint density at radius 2 is 1.83 bits per heavy atom. The smallest absolute Gasteiger partial charge is 0.313 e. The van der Waals surface area contributed by atoms with Crippen molar-refractivity contribution >= 4 is 11.8 Å². The van der Waals surface area contributed by atoms with Crippen LogP contribution in [0.5, 0.6) is 11.5 Å². The molecule has 4 atom stereocenters. The van der Waals surface area contributed by atoms with Crippen molar-refractivity contribution in [2.45, 2.75) is 64.2 Å². The number of hydrogen-bond donors (Lipinski definition) is 0. The van der Waals surface area contributed by atoms with Crippen LogP contribution in [0.25, 0.3) is 0 Å². The lowest BCUT2D eigenvalue weighted by atomic mass is 10.0. The summed E-state index contributed by atoms with van der Waals surface area (Å²) in [6.07, 6.45) is -3.51. The second kappa shape index (κ2) is 9.30. The second-order valence-corrected chi connectivity index (χ2v) is 7.44. The first-order valence-electron chi connectivity index (χ1n) is 9.80. The van der Waals surface area contributed by atoms with Crippen molar-refractivity contribution < 1.29 is 42.7 Å². The largest absolute Gasteiger partial charge is 0.493 e. The number of ether oxygens (including phenoxy) is 7. The molecule has 2 aliphatic rings. The zero-order valence-electron chi connectivity index (χ0n) is 17.8. The number of carbonyl (C=O) groups excluding carboxylic acids is 2. The molecule has 0 aliphatic carbocycles. The van der Waals surface area contributed by atoms with Gasteiger partial charge in [0, 0.05) is 0 Å². The summed E-state index contributed by atoms with van der Waals surface area (Å²) < 4.78 is 38.9. The van der Waals surface area contributed by atoms with E-state index in [1.807, 2.05) is 6.07 Å². The van der Waals surface area contributed by atoms with Crippen molar-refractivity contribution in [1.82, 2.24) is 0 Å². The number of methoxy groups -OCH3 is 2. The summed E-state index contributed by atoms with van der Waals surface area (Å²) in [5.74, 6) is -0.748. The summed E-state index contributed by atoms with van der Waals surface area (Å²) in [6, 6.07) is 5.39. The molecule has 9 heteroatoms. The van der Waals surface area contributed by atoms with Gasteiger partial charge in [0.05, 0.1) is 27.4 Å². The Morgan fingerprint density at radius 1 is 1.10 bits per heavy atom. The maximum absolute atomic E-state index is 12.7. The van der Waals surface area contributed by atoms with E-state index < -0.39 is 48.6 Å². The third-order valence-electron chi connectivity index (χ3n) is 4.82. The number of rotatable bonds is 9. The summed E-state index contributed by atoms with van der Waals surface area (Å²) in [7, 11) is 3.11. The van der Waals surface area contributed by atoms with E-state index in [1.165, 1.54) is 0 Å². The highest BCUT2D eigenvalue weighted by molar-refractivity contribution is 5.98. The zero-order chi connectivity index (χ0) is 21.9. The van der Waals surface area contributed by atoms with Gasteiger partial charge in [0.1, 0.15) is 24.7 Å². The van der Waals surface area contributed by atoms with Gasteiger partial charge in [-0.2, -0.15) is 0 Å². The van der Waals surface area contributed by atoms with E-state index in [4.69, 9.17) is 33.2 Å². The van der Waals surface area contributed by atoms with Crippen LogP contribution in [-0.4, -0.2) is 63.0 Å². The standard InChI is InChI=1S/C21H28O9/c1-6-26-16(23)10-13(22)17-18(19-20(28-17)30-21(2,3)29-19)27-11-12-7-8-14(24-4)15(9-12)25-5/h7-9,17-20H,6,10-11H2,1-5H3/t17-,18+,19-,20-/m1/s1. The molecule has 9 nitrogen and oxygen atoms in total. The fraction of sp³-hybridized carbons (Fsp3) is 0.619. The van der Waals surface area contributed by atoms with E-state index in [0.29, 0.717) is 11.5 Å². The molecular formula is C21H28O9. The van der Waals surface area contributed by atoms with E-state index in [2.05, 4.69) is 0 Å². The molecule has 30 heavy (non-hydrogen) atoms. The highest BCUT2D eigenvalue weighted by Gasteiger charge is 2.57. The zero-order valence-corrected chi connectivity index (χ0v) is 17.8. The number of fused-ring (bicyclic) bond motifs is 1. The van der Waals surface area contributed by atoms with Crippen LogP contribution in [0.15, 0.2) is 18.2 Å². The topological polar surface area (TPSA) is 98.8 Å². The van der Waals surface area contributed by atoms with Gasteiger partial charge in [0.15, 0.2) is 29.4 Å². The molecular weight excluding hydrogens is 396 g/mol. The second-order valence-electron chi connectivity index (χ2n) is 7.44. The molecule has 2 fully saturated rings.